The molecule has 146 valence electrons. The van der Waals surface area contributed by atoms with Gasteiger partial charge in [0.15, 0.2) is 11.3 Å². The van der Waals surface area contributed by atoms with E-state index in [0.29, 0.717) is 44.4 Å². The fourth-order valence-corrected chi connectivity index (χ4v) is 4.06. The van der Waals surface area contributed by atoms with Gasteiger partial charge in [-0.2, -0.15) is 0 Å². The van der Waals surface area contributed by atoms with Crippen molar-refractivity contribution in [3.05, 3.63) is 86.3 Å². The van der Waals surface area contributed by atoms with Crippen LogP contribution < -0.4 is 0 Å². The Bertz CT molecular complexity index is 1470. The number of rotatable bonds is 3. The minimum atomic E-state index is -0.437. The second-order valence-electron chi connectivity index (χ2n) is 6.53. The number of benzene rings is 3. The zero-order valence-electron chi connectivity index (χ0n) is 15.2. The molecule has 2 aromatic heterocycles. The molecular formula is C21H11BrClN5O2. The monoisotopic (exact) mass is 479 g/mol. The number of fused-ring (bicyclic) bond motifs is 2. The highest BCUT2D eigenvalue weighted by Crippen LogP contribution is 2.33. The van der Waals surface area contributed by atoms with Crippen molar-refractivity contribution in [3.63, 3.8) is 0 Å². The van der Waals surface area contributed by atoms with Gasteiger partial charge in [0.1, 0.15) is 5.82 Å². The number of aromatic nitrogens is 4. The lowest BCUT2D eigenvalue weighted by Crippen LogP contribution is -2.00. The number of imidazole rings is 1. The van der Waals surface area contributed by atoms with Crippen LogP contribution in [0.4, 0.5) is 5.69 Å². The molecule has 0 bridgehead atoms. The molecule has 0 saturated heterocycles. The largest absolute Gasteiger partial charge is 0.274 e. The second kappa shape index (κ2) is 7.16. The summed E-state index contributed by atoms with van der Waals surface area (Å²) in [5, 5.41) is 11.8. The molecule has 0 N–H and O–H groups in total. The van der Waals surface area contributed by atoms with Gasteiger partial charge < -0.3 is 0 Å². The van der Waals surface area contributed by atoms with Crippen molar-refractivity contribution in [3.8, 4) is 17.1 Å². The van der Waals surface area contributed by atoms with E-state index in [1.165, 1.54) is 12.1 Å². The van der Waals surface area contributed by atoms with Crippen LogP contribution >= 0.6 is 27.5 Å². The van der Waals surface area contributed by atoms with Gasteiger partial charge in [-0.1, -0.05) is 51.8 Å². The predicted molar refractivity (Wildman–Crippen MR) is 119 cm³/mol. The van der Waals surface area contributed by atoms with E-state index >= 15 is 0 Å². The lowest BCUT2D eigenvalue weighted by atomic mass is 10.2. The molecule has 0 aliphatic rings. The molecule has 30 heavy (non-hydrogen) atoms. The standard InChI is InChI=1S/C21H11BrClN5O2/c22-13-8-9-18(15(23)11-13)27-20(12-4-3-5-14(10-12)28(29)30)26-19-21(27)25-17-7-2-1-6-16(17)24-19/h1-11H. The van der Waals surface area contributed by atoms with Crippen molar-refractivity contribution < 1.29 is 4.92 Å². The Hall–Kier alpha value is -3.36. The quantitative estimate of drug-likeness (QED) is 0.235. The summed E-state index contributed by atoms with van der Waals surface area (Å²) < 4.78 is 2.61. The molecule has 0 aliphatic carbocycles. The van der Waals surface area contributed by atoms with Crippen molar-refractivity contribution >= 4 is 55.5 Å². The third-order valence-electron chi connectivity index (χ3n) is 4.64. The predicted octanol–water partition coefficient (Wildman–Crippen LogP) is 5.96. The first kappa shape index (κ1) is 18.7. The number of hydrogen-bond donors (Lipinski definition) is 0. The van der Waals surface area contributed by atoms with Gasteiger partial charge in [-0.15, -0.1) is 0 Å². The number of hydrogen-bond acceptors (Lipinski definition) is 5. The molecular weight excluding hydrogens is 470 g/mol. The number of nitro groups is 1. The van der Waals surface area contributed by atoms with Crippen LogP contribution in [-0.4, -0.2) is 24.4 Å². The van der Waals surface area contributed by atoms with Crippen molar-refractivity contribution in [1.82, 2.24) is 19.5 Å². The number of halogens is 2. The van der Waals surface area contributed by atoms with E-state index in [-0.39, 0.29) is 5.69 Å². The second-order valence-corrected chi connectivity index (χ2v) is 7.86. The van der Waals surface area contributed by atoms with E-state index in [1.54, 1.807) is 22.8 Å². The zero-order valence-corrected chi connectivity index (χ0v) is 17.5. The summed E-state index contributed by atoms with van der Waals surface area (Å²) in [6, 6.07) is 19.3. The van der Waals surface area contributed by atoms with E-state index in [1.807, 2.05) is 36.4 Å². The van der Waals surface area contributed by atoms with Gasteiger partial charge >= 0.3 is 0 Å². The van der Waals surface area contributed by atoms with Crippen LogP contribution in [0.3, 0.4) is 0 Å². The Morgan fingerprint density at radius 1 is 0.933 bits per heavy atom. The normalized spacial score (nSPS) is 11.3. The molecule has 3 aromatic carbocycles. The molecule has 9 heteroatoms. The van der Waals surface area contributed by atoms with Gasteiger partial charge in [-0.3, -0.25) is 14.7 Å². The summed E-state index contributed by atoms with van der Waals surface area (Å²) in [5.74, 6) is 0.466. The summed E-state index contributed by atoms with van der Waals surface area (Å²) in [4.78, 5) is 24.9. The highest BCUT2D eigenvalue weighted by molar-refractivity contribution is 9.10. The van der Waals surface area contributed by atoms with Gasteiger partial charge in [-0.05, 0) is 30.3 Å². The molecule has 5 aromatic rings. The third-order valence-corrected chi connectivity index (χ3v) is 5.43. The maximum atomic E-state index is 11.3. The molecule has 0 spiro atoms. The lowest BCUT2D eigenvalue weighted by Gasteiger charge is -2.11. The highest BCUT2D eigenvalue weighted by atomic mass is 79.9. The molecule has 7 nitrogen and oxygen atoms in total. The molecule has 0 unspecified atom stereocenters. The smallest absolute Gasteiger partial charge is 0.270 e. The number of non-ortho nitro benzene ring substituents is 1. The Kier molecular flexibility index (Phi) is 4.45. The minimum absolute atomic E-state index is 0.0286. The van der Waals surface area contributed by atoms with Gasteiger partial charge in [0.05, 0.1) is 26.7 Å². The highest BCUT2D eigenvalue weighted by Gasteiger charge is 2.20. The van der Waals surface area contributed by atoms with Crippen LogP contribution in [0.15, 0.2) is 71.2 Å². The Morgan fingerprint density at radius 3 is 2.43 bits per heavy atom. The summed E-state index contributed by atoms with van der Waals surface area (Å²) >= 11 is 9.96. The van der Waals surface area contributed by atoms with Gasteiger partial charge in [0.25, 0.3) is 5.69 Å². The van der Waals surface area contributed by atoms with Crippen molar-refractivity contribution in [2.24, 2.45) is 0 Å². The molecule has 5 rings (SSSR count). The van der Waals surface area contributed by atoms with Crippen LogP contribution in [0.5, 0.6) is 0 Å². The number of nitro benzene ring substituents is 1. The van der Waals surface area contributed by atoms with E-state index in [0.717, 1.165) is 4.47 Å². The first-order valence-electron chi connectivity index (χ1n) is 8.87. The Labute approximate surface area is 183 Å². The molecule has 0 radical (unpaired) electrons. The van der Waals surface area contributed by atoms with E-state index in [4.69, 9.17) is 16.6 Å². The zero-order chi connectivity index (χ0) is 20.8. The Balaban J connectivity index is 1.88. The van der Waals surface area contributed by atoms with Crippen molar-refractivity contribution in [2.45, 2.75) is 0 Å². The van der Waals surface area contributed by atoms with Crippen LogP contribution in [0, 0.1) is 10.1 Å². The van der Waals surface area contributed by atoms with Crippen LogP contribution in [0.1, 0.15) is 0 Å². The van der Waals surface area contributed by atoms with Gasteiger partial charge in [0, 0.05) is 22.2 Å². The Morgan fingerprint density at radius 2 is 1.70 bits per heavy atom. The molecule has 0 fully saturated rings. The van der Waals surface area contributed by atoms with Crippen molar-refractivity contribution in [2.75, 3.05) is 0 Å². The van der Waals surface area contributed by atoms with Crippen LogP contribution in [-0.2, 0) is 0 Å². The van der Waals surface area contributed by atoms with Gasteiger partial charge in [-0.25, -0.2) is 15.0 Å². The summed E-state index contributed by atoms with van der Waals surface area (Å²) in [5.41, 5.74) is 3.54. The maximum absolute atomic E-state index is 11.3. The van der Waals surface area contributed by atoms with E-state index in [2.05, 4.69) is 25.9 Å². The van der Waals surface area contributed by atoms with E-state index < -0.39 is 4.92 Å². The van der Waals surface area contributed by atoms with Crippen LogP contribution in [0.2, 0.25) is 5.02 Å². The van der Waals surface area contributed by atoms with Crippen molar-refractivity contribution in [1.29, 1.82) is 0 Å². The molecule has 2 heterocycles. The topological polar surface area (TPSA) is 86.7 Å². The minimum Gasteiger partial charge on any atom is -0.274 e. The summed E-state index contributed by atoms with van der Waals surface area (Å²) in [6.07, 6.45) is 0. The maximum Gasteiger partial charge on any atom is 0.270 e. The molecule has 0 amide bonds. The first-order chi connectivity index (χ1) is 14.5. The average molecular weight is 481 g/mol. The van der Waals surface area contributed by atoms with E-state index in [9.17, 15) is 10.1 Å². The molecule has 0 aliphatic heterocycles. The lowest BCUT2D eigenvalue weighted by molar-refractivity contribution is -0.384. The summed E-state index contributed by atoms with van der Waals surface area (Å²) in [7, 11) is 0. The molecule has 0 atom stereocenters. The summed E-state index contributed by atoms with van der Waals surface area (Å²) in [6.45, 7) is 0. The van der Waals surface area contributed by atoms with Crippen LogP contribution in [0.25, 0.3) is 39.4 Å². The first-order valence-corrected chi connectivity index (χ1v) is 10.0. The fraction of sp³-hybridized carbons (Fsp3) is 0. The fourth-order valence-electron chi connectivity index (χ4n) is 3.30. The number of nitrogens with zero attached hydrogens (tertiary/aromatic N) is 5. The molecule has 0 saturated carbocycles. The number of para-hydroxylation sites is 2. The average Bonchev–Trinajstić information content (AvgIpc) is 3.10. The SMILES string of the molecule is O=[N+]([O-])c1cccc(-c2nc3nc4ccccc4nc3n2-c2ccc(Br)cc2Cl)c1. The van der Waals surface area contributed by atoms with Gasteiger partial charge in [0.2, 0.25) is 0 Å². The third kappa shape index (κ3) is 3.10.